The van der Waals surface area contributed by atoms with Crippen LogP contribution in [0.15, 0.2) is 40.0 Å². The molecular weight excluding hydrogens is 567 g/mol. The highest BCUT2D eigenvalue weighted by atomic mass is 35.5. The zero-order valence-electron chi connectivity index (χ0n) is 22.4. The van der Waals surface area contributed by atoms with Crippen LogP contribution in [0.4, 0.5) is 11.4 Å². The van der Waals surface area contributed by atoms with E-state index in [0.29, 0.717) is 39.6 Å². The summed E-state index contributed by atoms with van der Waals surface area (Å²) in [5.41, 5.74) is 0.342. The molecule has 0 aliphatic carbocycles. The third-order valence-corrected chi connectivity index (χ3v) is 7.15. The van der Waals surface area contributed by atoms with Gasteiger partial charge >= 0.3 is 0 Å². The second-order valence-electron chi connectivity index (χ2n) is 8.16. The van der Waals surface area contributed by atoms with Gasteiger partial charge in [0, 0.05) is 18.7 Å². The van der Waals surface area contributed by atoms with Crippen molar-refractivity contribution in [2.24, 2.45) is 5.10 Å². The molecule has 2 amide bonds. The zero-order valence-corrected chi connectivity index (χ0v) is 24.8. The first kappa shape index (κ1) is 30.3. The summed E-state index contributed by atoms with van der Waals surface area (Å²) in [6.45, 7) is 4.38. The molecule has 2 N–H and O–H groups in total. The predicted molar refractivity (Wildman–Crippen MR) is 156 cm³/mol. The Labute approximate surface area is 241 Å². The number of nitrogens with zero attached hydrogens (tertiary/aromatic N) is 2. The highest BCUT2D eigenvalue weighted by Gasteiger charge is 2.32. The Bertz CT molecular complexity index is 1240. The Morgan fingerprint density at radius 3 is 1.72 bits per heavy atom. The average Bonchev–Trinajstić information content (AvgIpc) is 3.27. The fraction of sp³-hybridized carbons (Fsp3) is 0.346. The molecule has 1 aliphatic rings. The van der Waals surface area contributed by atoms with Gasteiger partial charge in [0.1, 0.15) is 33.6 Å². The molecule has 2 aromatic rings. The Balaban J connectivity index is 2.07. The van der Waals surface area contributed by atoms with Crippen LogP contribution in [-0.2, 0) is 9.59 Å². The van der Waals surface area contributed by atoms with Crippen LogP contribution in [0.5, 0.6) is 23.0 Å². The number of benzene rings is 2. The lowest BCUT2D eigenvalue weighted by Crippen LogP contribution is -2.30. The lowest BCUT2D eigenvalue weighted by molar-refractivity contribution is -0.118. The average molecular weight is 598 g/mol. The van der Waals surface area contributed by atoms with Crippen molar-refractivity contribution in [1.82, 2.24) is 5.01 Å². The molecule has 2 aromatic carbocycles. The van der Waals surface area contributed by atoms with Crippen molar-refractivity contribution in [1.29, 1.82) is 0 Å². The van der Waals surface area contributed by atoms with E-state index in [1.165, 1.54) is 52.3 Å². The van der Waals surface area contributed by atoms with Gasteiger partial charge in [-0.2, -0.15) is 5.10 Å². The number of nitrogens with one attached hydrogen (secondary N) is 2. The van der Waals surface area contributed by atoms with Crippen molar-refractivity contribution in [2.75, 3.05) is 45.6 Å². The maximum absolute atomic E-state index is 13.8. The van der Waals surface area contributed by atoms with Gasteiger partial charge in [-0.1, -0.05) is 48.3 Å². The Morgan fingerprint density at radius 2 is 1.31 bits per heavy atom. The van der Waals surface area contributed by atoms with Gasteiger partial charge in [0.2, 0.25) is 0 Å². The normalized spacial score (nSPS) is 12.6. The lowest BCUT2D eigenvalue weighted by Gasteiger charge is -2.20. The van der Waals surface area contributed by atoms with Gasteiger partial charge in [0.25, 0.3) is 11.8 Å². The molecule has 10 nitrogen and oxygen atoms in total. The number of hydrogen-bond acceptors (Lipinski definition) is 9. The lowest BCUT2D eigenvalue weighted by atomic mass is 10.2. The fourth-order valence-electron chi connectivity index (χ4n) is 3.65. The van der Waals surface area contributed by atoms with E-state index in [0.717, 1.165) is 12.8 Å². The number of hydrazone groups is 1. The number of amides is 2. The number of carbonyl (C=O) groups excluding carboxylic acids is 2. The monoisotopic (exact) mass is 596 g/mol. The molecule has 0 spiro atoms. The smallest absolute Gasteiger partial charge is 0.264 e. The number of halogens is 2. The van der Waals surface area contributed by atoms with Crippen LogP contribution in [0.2, 0.25) is 10.0 Å². The standard InChI is InChI=1S/C26H30Cl2N4O6S/c1-7-8-9-32-26(39-14(2)31-32)23(24(33)29-17-10-15(27)19(35-3)12-21(17)37-5)25(34)30-18-11-16(28)20(36-4)13-22(18)38-6/h10-13H,7-9H2,1-6H3,(H,29,33)(H,30,34). The van der Waals surface area contributed by atoms with E-state index in [9.17, 15) is 9.59 Å². The summed E-state index contributed by atoms with van der Waals surface area (Å²) >= 11 is 13.8. The minimum atomic E-state index is -0.695. The first-order valence-corrected chi connectivity index (χ1v) is 13.4. The number of hydrogen-bond donors (Lipinski definition) is 2. The van der Waals surface area contributed by atoms with Crippen LogP contribution in [0.3, 0.4) is 0 Å². The predicted octanol–water partition coefficient (Wildman–Crippen LogP) is 6.00. The number of rotatable bonds is 11. The highest BCUT2D eigenvalue weighted by Crippen LogP contribution is 2.39. The number of anilines is 2. The molecule has 0 radical (unpaired) electrons. The van der Waals surface area contributed by atoms with Gasteiger partial charge in [-0.05, 0) is 25.5 Å². The van der Waals surface area contributed by atoms with Crippen LogP contribution >= 0.6 is 35.0 Å². The minimum Gasteiger partial charge on any atom is -0.495 e. The number of ether oxygens (including phenoxy) is 4. The molecule has 0 aromatic heterocycles. The summed E-state index contributed by atoms with van der Waals surface area (Å²) < 4.78 is 21.3. The molecule has 13 heteroatoms. The van der Waals surface area contributed by atoms with Crippen molar-refractivity contribution in [3.63, 3.8) is 0 Å². The van der Waals surface area contributed by atoms with Crippen LogP contribution in [0.25, 0.3) is 0 Å². The topological polar surface area (TPSA) is 111 Å². The second kappa shape index (κ2) is 13.7. The molecule has 0 fully saturated rings. The molecule has 0 atom stereocenters. The summed E-state index contributed by atoms with van der Waals surface area (Å²) in [5.74, 6) is -0.0570. The number of unbranched alkanes of at least 4 members (excludes halogenated alkanes) is 1. The Hall–Kier alpha value is -3.28. The van der Waals surface area contributed by atoms with Crippen LogP contribution in [-0.4, -0.2) is 56.9 Å². The third-order valence-electron chi connectivity index (χ3n) is 5.58. The minimum absolute atomic E-state index is 0.167. The molecule has 1 heterocycles. The van der Waals surface area contributed by atoms with Gasteiger partial charge in [0.05, 0.1) is 54.9 Å². The maximum atomic E-state index is 13.8. The molecule has 0 unspecified atom stereocenters. The van der Waals surface area contributed by atoms with Gasteiger partial charge < -0.3 is 29.6 Å². The largest absolute Gasteiger partial charge is 0.495 e. The first-order chi connectivity index (χ1) is 18.7. The van der Waals surface area contributed by atoms with Crippen molar-refractivity contribution in [3.05, 3.63) is 44.9 Å². The highest BCUT2D eigenvalue weighted by molar-refractivity contribution is 8.17. The molecule has 1 aliphatic heterocycles. The van der Waals surface area contributed by atoms with E-state index in [1.807, 2.05) is 13.8 Å². The molecule has 0 saturated heterocycles. The number of carbonyl (C=O) groups is 2. The molecule has 210 valence electrons. The van der Waals surface area contributed by atoms with Gasteiger partial charge in [-0.15, -0.1) is 0 Å². The number of thioether (sulfide) groups is 1. The molecule has 0 saturated carbocycles. The zero-order chi connectivity index (χ0) is 28.7. The quantitative estimate of drug-likeness (QED) is 0.185. The van der Waals surface area contributed by atoms with Crippen molar-refractivity contribution < 1.29 is 28.5 Å². The van der Waals surface area contributed by atoms with E-state index in [1.54, 1.807) is 17.1 Å². The van der Waals surface area contributed by atoms with Crippen LogP contribution in [0, 0.1) is 0 Å². The van der Waals surface area contributed by atoms with E-state index in [2.05, 4.69) is 15.7 Å². The molecular formula is C26H30Cl2N4O6S. The first-order valence-electron chi connectivity index (χ1n) is 11.9. The van der Waals surface area contributed by atoms with E-state index < -0.39 is 11.8 Å². The van der Waals surface area contributed by atoms with E-state index in [4.69, 9.17) is 42.1 Å². The van der Waals surface area contributed by atoms with Gasteiger partial charge in [-0.25, -0.2) is 0 Å². The summed E-state index contributed by atoms with van der Waals surface area (Å²) in [4.78, 5) is 27.6. The Kier molecular flexibility index (Phi) is 10.6. The van der Waals surface area contributed by atoms with Crippen LogP contribution < -0.4 is 29.6 Å². The molecule has 3 rings (SSSR count). The fourth-order valence-corrected chi connectivity index (χ4v) is 5.08. The molecule has 0 bridgehead atoms. The Morgan fingerprint density at radius 1 is 0.846 bits per heavy atom. The summed E-state index contributed by atoms with van der Waals surface area (Å²) in [6.07, 6.45) is 1.71. The van der Waals surface area contributed by atoms with E-state index >= 15 is 0 Å². The summed E-state index contributed by atoms with van der Waals surface area (Å²) in [6, 6.07) is 6.06. The van der Waals surface area contributed by atoms with Crippen molar-refractivity contribution in [2.45, 2.75) is 26.7 Å². The SMILES string of the molecule is CCCCN1N=C(C)SC1=C(C(=O)Nc1cc(Cl)c(OC)cc1OC)C(=O)Nc1cc(Cl)c(OC)cc1OC. The molecule has 39 heavy (non-hydrogen) atoms. The number of methoxy groups -OCH3 is 4. The van der Waals surface area contributed by atoms with Gasteiger partial charge in [0.15, 0.2) is 0 Å². The van der Waals surface area contributed by atoms with Gasteiger partial charge in [-0.3, -0.25) is 14.6 Å². The summed E-state index contributed by atoms with van der Waals surface area (Å²) in [7, 11) is 5.83. The van der Waals surface area contributed by atoms with Crippen LogP contribution in [0.1, 0.15) is 26.7 Å². The van der Waals surface area contributed by atoms with Crippen molar-refractivity contribution in [3.8, 4) is 23.0 Å². The third kappa shape index (κ3) is 7.03. The second-order valence-corrected chi connectivity index (χ2v) is 10.2. The summed E-state index contributed by atoms with van der Waals surface area (Å²) in [5, 5.41) is 13.3. The van der Waals surface area contributed by atoms with E-state index in [-0.39, 0.29) is 27.0 Å². The van der Waals surface area contributed by atoms with Crippen molar-refractivity contribution >= 4 is 63.2 Å². The maximum Gasteiger partial charge on any atom is 0.264 e.